The number of H-pyrrole nitrogens is 1. The highest BCUT2D eigenvalue weighted by molar-refractivity contribution is 5.11. The molecular weight excluding hydrogens is 172 g/mol. The lowest BCUT2D eigenvalue weighted by Gasteiger charge is -2.34. The Morgan fingerprint density at radius 2 is 2.43 bits per heavy atom. The van der Waals surface area contributed by atoms with Crippen LogP contribution in [0.25, 0.3) is 0 Å². The van der Waals surface area contributed by atoms with E-state index in [9.17, 15) is 0 Å². The highest BCUT2D eigenvalue weighted by Gasteiger charge is 2.28. The zero-order valence-electron chi connectivity index (χ0n) is 8.92. The third kappa shape index (κ3) is 2.01. The highest BCUT2D eigenvalue weighted by atomic mass is 14.9. The Balaban J connectivity index is 1.98. The summed E-state index contributed by atoms with van der Waals surface area (Å²) < 4.78 is 0. The standard InChI is InChI=1S/C12H20N2/c1-2-8-14-12(10-5-3-6-10)11-7-4-9-13-11/h4,7,9-10,12-14H,2-3,5-6,8H2,1H3. The molecule has 1 heterocycles. The van der Waals surface area contributed by atoms with Crippen LogP contribution in [0.2, 0.25) is 0 Å². The average Bonchev–Trinajstić information content (AvgIpc) is 2.61. The minimum atomic E-state index is 0.568. The van der Waals surface area contributed by atoms with Gasteiger partial charge in [0.15, 0.2) is 0 Å². The van der Waals surface area contributed by atoms with Crippen LogP contribution in [0.5, 0.6) is 0 Å². The molecule has 1 aromatic heterocycles. The Morgan fingerprint density at radius 1 is 1.57 bits per heavy atom. The Labute approximate surface area is 86.1 Å². The van der Waals surface area contributed by atoms with E-state index in [4.69, 9.17) is 0 Å². The highest BCUT2D eigenvalue weighted by Crippen LogP contribution is 2.36. The van der Waals surface area contributed by atoms with Crippen LogP contribution in [0, 0.1) is 5.92 Å². The zero-order valence-corrected chi connectivity index (χ0v) is 8.92. The fraction of sp³-hybridized carbons (Fsp3) is 0.667. The lowest BCUT2D eigenvalue weighted by molar-refractivity contribution is 0.228. The van der Waals surface area contributed by atoms with E-state index in [0.717, 1.165) is 12.5 Å². The first-order valence-corrected chi connectivity index (χ1v) is 5.78. The Bertz CT molecular complexity index is 249. The van der Waals surface area contributed by atoms with E-state index in [-0.39, 0.29) is 0 Å². The van der Waals surface area contributed by atoms with Gasteiger partial charge in [-0.25, -0.2) is 0 Å². The van der Waals surface area contributed by atoms with Crippen LogP contribution in [-0.4, -0.2) is 11.5 Å². The first kappa shape index (κ1) is 9.78. The van der Waals surface area contributed by atoms with Gasteiger partial charge >= 0.3 is 0 Å². The molecule has 0 aliphatic heterocycles. The predicted octanol–water partition coefficient (Wildman–Crippen LogP) is 2.86. The van der Waals surface area contributed by atoms with E-state index in [1.54, 1.807) is 0 Å². The molecule has 0 radical (unpaired) electrons. The van der Waals surface area contributed by atoms with Gasteiger partial charge in [-0.3, -0.25) is 0 Å². The quantitative estimate of drug-likeness (QED) is 0.737. The molecule has 2 nitrogen and oxygen atoms in total. The van der Waals surface area contributed by atoms with Crippen molar-refractivity contribution in [3.05, 3.63) is 24.0 Å². The van der Waals surface area contributed by atoms with E-state index < -0.39 is 0 Å². The molecule has 1 unspecified atom stereocenters. The Morgan fingerprint density at radius 3 is 2.93 bits per heavy atom. The molecule has 1 atom stereocenters. The molecule has 2 N–H and O–H groups in total. The molecule has 2 heteroatoms. The minimum Gasteiger partial charge on any atom is -0.364 e. The van der Waals surface area contributed by atoms with Crippen LogP contribution in [-0.2, 0) is 0 Å². The van der Waals surface area contributed by atoms with E-state index in [1.165, 1.54) is 31.4 Å². The fourth-order valence-corrected chi connectivity index (χ4v) is 2.14. The molecule has 0 amide bonds. The van der Waals surface area contributed by atoms with Gasteiger partial charge in [-0.15, -0.1) is 0 Å². The van der Waals surface area contributed by atoms with E-state index >= 15 is 0 Å². The molecule has 14 heavy (non-hydrogen) atoms. The maximum atomic E-state index is 3.64. The second-order valence-corrected chi connectivity index (χ2v) is 4.25. The van der Waals surface area contributed by atoms with Crippen molar-refractivity contribution in [2.24, 2.45) is 5.92 Å². The minimum absolute atomic E-state index is 0.568. The predicted molar refractivity (Wildman–Crippen MR) is 59.2 cm³/mol. The van der Waals surface area contributed by atoms with Gasteiger partial charge in [0.2, 0.25) is 0 Å². The fourth-order valence-electron chi connectivity index (χ4n) is 2.14. The van der Waals surface area contributed by atoms with Crippen LogP contribution in [0.1, 0.15) is 44.3 Å². The third-order valence-electron chi connectivity index (χ3n) is 3.19. The van der Waals surface area contributed by atoms with Crippen molar-refractivity contribution in [2.75, 3.05) is 6.54 Å². The van der Waals surface area contributed by atoms with Crippen LogP contribution in [0.3, 0.4) is 0 Å². The zero-order chi connectivity index (χ0) is 9.80. The average molecular weight is 192 g/mol. The summed E-state index contributed by atoms with van der Waals surface area (Å²) in [6, 6.07) is 4.86. The van der Waals surface area contributed by atoms with Crippen molar-refractivity contribution in [1.29, 1.82) is 0 Å². The topological polar surface area (TPSA) is 27.8 Å². The first-order valence-electron chi connectivity index (χ1n) is 5.78. The van der Waals surface area contributed by atoms with Crippen molar-refractivity contribution in [1.82, 2.24) is 10.3 Å². The van der Waals surface area contributed by atoms with Crippen molar-refractivity contribution < 1.29 is 0 Å². The molecule has 1 aliphatic rings. The number of nitrogens with one attached hydrogen (secondary N) is 2. The number of rotatable bonds is 5. The molecule has 1 saturated carbocycles. The van der Waals surface area contributed by atoms with Gasteiger partial charge < -0.3 is 10.3 Å². The molecule has 0 spiro atoms. The van der Waals surface area contributed by atoms with E-state index in [1.807, 2.05) is 6.20 Å². The summed E-state index contributed by atoms with van der Waals surface area (Å²) >= 11 is 0. The summed E-state index contributed by atoms with van der Waals surface area (Å²) in [5.74, 6) is 0.861. The summed E-state index contributed by atoms with van der Waals surface area (Å²) in [7, 11) is 0. The van der Waals surface area contributed by atoms with Crippen molar-refractivity contribution in [3.8, 4) is 0 Å². The number of aromatic amines is 1. The Kier molecular flexibility index (Phi) is 3.25. The molecule has 78 valence electrons. The lowest BCUT2D eigenvalue weighted by Crippen LogP contribution is -2.32. The number of hydrogen-bond donors (Lipinski definition) is 2. The summed E-state index contributed by atoms with van der Waals surface area (Å²) in [5, 5.41) is 3.64. The van der Waals surface area contributed by atoms with Crippen LogP contribution >= 0.6 is 0 Å². The molecule has 1 fully saturated rings. The van der Waals surface area contributed by atoms with Crippen LogP contribution in [0.15, 0.2) is 18.3 Å². The smallest absolute Gasteiger partial charge is 0.0501 e. The second kappa shape index (κ2) is 4.65. The SMILES string of the molecule is CCCNC(c1ccc[nH]1)C1CCC1. The molecule has 1 aromatic rings. The number of aromatic nitrogens is 1. The second-order valence-electron chi connectivity index (χ2n) is 4.25. The maximum Gasteiger partial charge on any atom is 0.0501 e. The van der Waals surface area contributed by atoms with Crippen molar-refractivity contribution in [2.45, 2.75) is 38.6 Å². The molecule has 0 saturated heterocycles. The number of hydrogen-bond acceptors (Lipinski definition) is 1. The lowest BCUT2D eigenvalue weighted by atomic mass is 9.78. The van der Waals surface area contributed by atoms with E-state index in [0.29, 0.717) is 6.04 Å². The normalized spacial score (nSPS) is 19.2. The monoisotopic (exact) mass is 192 g/mol. The van der Waals surface area contributed by atoms with Gasteiger partial charge in [0.25, 0.3) is 0 Å². The molecular formula is C12H20N2. The summed E-state index contributed by atoms with van der Waals surface area (Å²) in [6.07, 6.45) is 7.43. The molecule has 0 bridgehead atoms. The third-order valence-corrected chi connectivity index (χ3v) is 3.19. The van der Waals surface area contributed by atoms with Crippen LogP contribution in [0.4, 0.5) is 0 Å². The van der Waals surface area contributed by atoms with Gasteiger partial charge in [-0.1, -0.05) is 13.3 Å². The van der Waals surface area contributed by atoms with Gasteiger partial charge in [-0.05, 0) is 43.9 Å². The van der Waals surface area contributed by atoms with Gasteiger partial charge in [-0.2, -0.15) is 0 Å². The molecule has 2 rings (SSSR count). The maximum absolute atomic E-state index is 3.64. The summed E-state index contributed by atoms with van der Waals surface area (Å²) in [6.45, 7) is 3.35. The summed E-state index contributed by atoms with van der Waals surface area (Å²) in [5.41, 5.74) is 1.36. The van der Waals surface area contributed by atoms with Crippen LogP contribution < -0.4 is 5.32 Å². The van der Waals surface area contributed by atoms with Crippen molar-refractivity contribution in [3.63, 3.8) is 0 Å². The Hall–Kier alpha value is -0.760. The molecule has 0 aromatic carbocycles. The largest absolute Gasteiger partial charge is 0.364 e. The van der Waals surface area contributed by atoms with Gasteiger partial charge in [0.1, 0.15) is 0 Å². The summed E-state index contributed by atoms with van der Waals surface area (Å²) in [4.78, 5) is 3.33. The van der Waals surface area contributed by atoms with Gasteiger partial charge in [0, 0.05) is 11.9 Å². The first-order chi connectivity index (χ1) is 6.92. The van der Waals surface area contributed by atoms with Gasteiger partial charge in [0.05, 0.1) is 6.04 Å². The molecule has 1 aliphatic carbocycles. The van der Waals surface area contributed by atoms with Crippen molar-refractivity contribution >= 4 is 0 Å². The van der Waals surface area contributed by atoms with E-state index in [2.05, 4.69) is 29.4 Å².